The molecule has 0 N–H and O–H groups in total. The molecule has 3 heteroatoms. The number of ether oxygens (including phenoxy) is 3. The maximum atomic E-state index is 6.43. The van der Waals surface area contributed by atoms with E-state index in [1.165, 1.54) is 36.8 Å². The number of benzene rings is 2. The van der Waals surface area contributed by atoms with Gasteiger partial charge >= 0.3 is 0 Å². The number of fused-ring (bicyclic) bond motifs is 7. The van der Waals surface area contributed by atoms with E-state index in [9.17, 15) is 0 Å². The van der Waals surface area contributed by atoms with Gasteiger partial charge in [-0.1, -0.05) is 43.3 Å². The van der Waals surface area contributed by atoms with Crippen LogP contribution in [0.2, 0.25) is 0 Å². The lowest BCUT2D eigenvalue weighted by Gasteiger charge is -2.50. The Hall–Kier alpha value is -1.84. The van der Waals surface area contributed by atoms with Gasteiger partial charge in [0.2, 0.25) is 0 Å². The maximum Gasteiger partial charge on any atom is 0.163 e. The Morgan fingerprint density at radius 3 is 2.68 bits per heavy atom. The van der Waals surface area contributed by atoms with Crippen molar-refractivity contribution in [2.45, 2.75) is 83.4 Å². The van der Waals surface area contributed by atoms with Crippen molar-refractivity contribution in [2.75, 3.05) is 0 Å². The van der Waals surface area contributed by atoms with Gasteiger partial charge in [-0.2, -0.15) is 0 Å². The van der Waals surface area contributed by atoms with Crippen LogP contribution in [-0.4, -0.2) is 18.0 Å². The minimum Gasteiger partial charge on any atom is -0.489 e. The van der Waals surface area contributed by atoms with Crippen molar-refractivity contribution in [3.63, 3.8) is 0 Å². The first kappa shape index (κ1) is 19.8. The molecule has 0 unspecified atom stereocenters. The molecule has 4 aliphatic rings. The Morgan fingerprint density at radius 2 is 1.84 bits per heavy atom. The highest BCUT2D eigenvalue weighted by molar-refractivity contribution is 5.41. The summed E-state index contributed by atoms with van der Waals surface area (Å²) in [5.74, 6) is 2.72. The van der Waals surface area contributed by atoms with Crippen molar-refractivity contribution in [2.24, 2.45) is 17.3 Å². The Morgan fingerprint density at radius 1 is 1.00 bits per heavy atom. The fourth-order valence-corrected chi connectivity index (χ4v) is 7.35. The molecular formula is C28H34O3. The van der Waals surface area contributed by atoms with Crippen molar-refractivity contribution >= 4 is 0 Å². The summed E-state index contributed by atoms with van der Waals surface area (Å²) in [7, 11) is 0. The standard InChI is InChI=1S/C28H34O3/c1-27(2)30-25-16-24-23-11-9-19-15-20(29-17-18-7-5-4-6-8-18)10-12-21(19)22(23)13-14-28(24,3)26(25)31-27/h4-8,10,12,15,22-26H,9,11,13-14,16-17H2,1-3H3/t22-,23-,24+,25+,26+,28+/m1/s1. The summed E-state index contributed by atoms with van der Waals surface area (Å²) in [5, 5.41) is 0. The quantitative estimate of drug-likeness (QED) is 0.589. The Labute approximate surface area is 186 Å². The molecule has 1 saturated heterocycles. The third-order valence-corrected chi connectivity index (χ3v) is 8.70. The molecule has 0 radical (unpaired) electrons. The normalized spacial score (nSPS) is 37.5. The van der Waals surface area contributed by atoms with Crippen LogP contribution in [0.1, 0.15) is 69.1 Å². The molecule has 3 aliphatic carbocycles. The molecule has 6 atom stereocenters. The third-order valence-electron chi connectivity index (χ3n) is 8.70. The van der Waals surface area contributed by atoms with Crippen molar-refractivity contribution in [1.29, 1.82) is 0 Å². The van der Waals surface area contributed by atoms with E-state index in [-0.39, 0.29) is 17.6 Å². The average Bonchev–Trinajstić information content (AvgIpc) is 3.22. The summed E-state index contributed by atoms with van der Waals surface area (Å²) in [6, 6.07) is 17.3. The van der Waals surface area contributed by atoms with Crippen LogP contribution in [0.4, 0.5) is 0 Å². The van der Waals surface area contributed by atoms with Gasteiger partial charge in [-0.15, -0.1) is 0 Å². The highest BCUT2D eigenvalue weighted by Gasteiger charge is 2.63. The van der Waals surface area contributed by atoms with Crippen LogP contribution in [0.5, 0.6) is 5.75 Å². The smallest absolute Gasteiger partial charge is 0.163 e. The van der Waals surface area contributed by atoms with Crippen LogP contribution in [0, 0.1) is 17.3 Å². The fraction of sp³-hybridized carbons (Fsp3) is 0.571. The van der Waals surface area contributed by atoms with Gasteiger partial charge in [-0.25, -0.2) is 0 Å². The number of hydrogen-bond donors (Lipinski definition) is 0. The second kappa shape index (κ2) is 7.08. The molecule has 164 valence electrons. The van der Waals surface area contributed by atoms with Gasteiger partial charge in [0, 0.05) is 0 Å². The van der Waals surface area contributed by atoms with Crippen molar-refractivity contribution in [3.05, 3.63) is 65.2 Å². The predicted molar refractivity (Wildman–Crippen MR) is 121 cm³/mol. The molecule has 1 aliphatic heterocycles. The molecular weight excluding hydrogens is 384 g/mol. The minimum atomic E-state index is -0.421. The molecule has 0 aromatic heterocycles. The summed E-state index contributed by atoms with van der Waals surface area (Å²) >= 11 is 0. The van der Waals surface area contributed by atoms with Gasteiger partial charge in [-0.3, -0.25) is 0 Å². The van der Waals surface area contributed by atoms with E-state index in [0.29, 0.717) is 18.4 Å². The van der Waals surface area contributed by atoms with Crippen LogP contribution < -0.4 is 4.74 Å². The van der Waals surface area contributed by atoms with Crippen LogP contribution in [0.25, 0.3) is 0 Å². The summed E-state index contributed by atoms with van der Waals surface area (Å²) in [4.78, 5) is 0. The Balaban J connectivity index is 1.20. The average molecular weight is 419 g/mol. The van der Waals surface area contributed by atoms with Gasteiger partial charge in [0.1, 0.15) is 12.4 Å². The monoisotopic (exact) mass is 418 g/mol. The first-order valence-electron chi connectivity index (χ1n) is 12.1. The molecule has 0 spiro atoms. The molecule has 3 fully saturated rings. The van der Waals surface area contributed by atoms with Gasteiger partial charge in [0.25, 0.3) is 0 Å². The molecule has 2 aromatic rings. The van der Waals surface area contributed by atoms with Gasteiger partial charge in [0.05, 0.1) is 12.2 Å². The van der Waals surface area contributed by atoms with E-state index >= 15 is 0 Å². The highest BCUT2D eigenvalue weighted by Crippen LogP contribution is 2.64. The lowest BCUT2D eigenvalue weighted by atomic mass is 9.55. The van der Waals surface area contributed by atoms with Gasteiger partial charge in [0.15, 0.2) is 5.79 Å². The van der Waals surface area contributed by atoms with E-state index in [0.717, 1.165) is 18.1 Å². The second-order valence-electron chi connectivity index (χ2n) is 10.9. The summed E-state index contributed by atoms with van der Waals surface area (Å²) in [5.41, 5.74) is 4.55. The molecule has 2 aromatic carbocycles. The van der Waals surface area contributed by atoms with E-state index in [1.807, 2.05) is 6.07 Å². The largest absolute Gasteiger partial charge is 0.489 e. The molecule has 2 saturated carbocycles. The first-order chi connectivity index (χ1) is 14.9. The SMILES string of the molecule is CC1(C)O[C@H]2C[C@H]3[C@@H]4CCc5cc(OCc6ccccc6)ccc5[C@H]4CC[C@]3(C)[C@H]2O1. The number of aryl methyl sites for hydroxylation is 1. The number of hydrogen-bond acceptors (Lipinski definition) is 3. The van der Waals surface area contributed by atoms with Crippen LogP contribution in [0.15, 0.2) is 48.5 Å². The molecule has 3 nitrogen and oxygen atoms in total. The molecule has 0 bridgehead atoms. The van der Waals surface area contributed by atoms with Crippen molar-refractivity contribution < 1.29 is 14.2 Å². The molecule has 1 heterocycles. The van der Waals surface area contributed by atoms with Crippen LogP contribution in [0.3, 0.4) is 0 Å². The molecule has 31 heavy (non-hydrogen) atoms. The lowest BCUT2D eigenvalue weighted by molar-refractivity contribution is -0.178. The molecule has 0 amide bonds. The van der Waals surface area contributed by atoms with Crippen molar-refractivity contribution in [3.8, 4) is 5.75 Å². The highest BCUT2D eigenvalue weighted by atomic mass is 16.8. The summed E-state index contributed by atoms with van der Waals surface area (Å²) in [6.45, 7) is 7.26. The summed E-state index contributed by atoms with van der Waals surface area (Å²) in [6.07, 6.45) is 6.66. The zero-order valence-electron chi connectivity index (χ0n) is 19.0. The Bertz CT molecular complexity index is 967. The van der Waals surface area contributed by atoms with Crippen LogP contribution in [-0.2, 0) is 22.5 Å². The van der Waals surface area contributed by atoms with E-state index in [4.69, 9.17) is 14.2 Å². The minimum absolute atomic E-state index is 0.260. The predicted octanol–water partition coefficient (Wildman–Crippen LogP) is 6.25. The van der Waals surface area contributed by atoms with Gasteiger partial charge < -0.3 is 14.2 Å². The lowest BCUT2D eigenvalue weighted by Crippen LogP contribution is -2.45. The second-order valence-corrected chi connectivity index (χ2v) is 10.9. The van der Waals surface area contributed by atoms with E-state index < -0.39 is 5.79 Å². The Kier molecular flexibility index (Phi) is 4.53. The zero-order chi connectivity index (χ0) is 21.2. The fourth-order valence-electron chi connectivity index (χ4n) is 7.35. The molecule has 6 rings (SSSR count). The van der Waals surface area contributed by atoms with E-state index in [2.05, 4.69) is 63.2 Å². The zero-order valence-corrected chi connectivity index (χ0v) is 19.0. The van der Waals surface area contributed by atoms with Crippen LogP contribution >= 0.6 is 0 Å². The third kappa shape index (κ3) is 3.24. The number of rotatable bonds is 3. The van der Waals surface area contributed by atoms with E-state index in [1.54, 1.807) is 5.56 Å². The summed E-state index contributed by atoms with van der Waals surface area (Å²) < 4.78 is 18.9. The van der Waals surface area contributed by atoms with Gasteiger partial charge in [-0.05, 0) is 97.9 Å². The first-order valence-corrected chi connectivity index (χ1v) is 12.1. The van der Waals surface area contributed by atoms with Crippen molar-refractivity contribution in [1.82, 2.24) is 0 Å². The maximum absolute atomic E-state index is 6.43. The topological polar surface area (TPSA) is 27.7 Å².